The molecule has 1 heterocycles. The Labute approximate surface area is 120 Å². The maximum atomic E-state index is 14.1. The Hall–Kier alpha value is -0.960. The van der Waals surface area contributed by atoms with Crippen molar-refractivity contribution in [1.82, 2.24) is 10.3 Å². The first kappa shape index (κ1) is 12.8. The van der Waals surface area contributed by atoms with Gasteiger partial charge in [0.05, 0.1) is 6.20 Å². The molecular weight excluding hydrogens is 251 g/mol. The first-order valence-corrected chi connectivity index (χ1v) is 8.03. The van der Waals surface area contributed by atoms with Crippen LogP contribution in [0.3, 0.4) is 0 Å². The maximum Gasteiger partial charge on any atom is 0.146 e. The van der Waals surface area contributed by atoms with Gasteiger partial charge in [-0.05, 0) is 74.8 Å². The summed E-state index contributed by atoms with van der Waals surface area (Å²) in [6.45, 7) is 0. The number of hydrogen-bond acceptors (Lipinski definition) is 2. The first-order chi connectivity index (χ1) is 9.76. The van der Waals surface area contributed by atoms with Gasteiger partial charge in [0.15, 0.2) is 0 Å². The maximum absolute atomic E-state index is 14.1. The van der Waals surface area contributed by atoms with Gasteiger partial charge in [0.25, 0.3) is 0 Å². The van der Waals surface area contributed by atoms with Gasteiger partial charge in [-0.2, -0.15) is 0 Å². The fourth-order valence-electron chi connectivity index (χ4n) is 5.71. The zero-order chi connectivity index (χ0) is 13.7. The van der Waals surface area contributed by atoms with Crippen LogP contribution in [0.5, 0.6) is 0 Å². The molecule has 1 N–H and O–H groups in total. The van der Waals surface area contributed by atoms with Gasteiger partial charge in [0.2, 0.25) is 0 Å². The number of hydrogen-bond donors (Lipinski definition) is 1. The monoisotopic (exact) mass is 274 g/mol. The van der Waals surface area contributed by atoms with Crippen LogP contribution in [-0.4, -0.2) is 12.0 Å². The van der Waals surface area contributed by atoms with Gasteiger partial charge < -0.3 is 5.32 Å². The molecule has 20 heavy (non-hydrogen) atoms. The molecule has 4 fully saturated rings. The van der Waals surface area contributed by atoms with Crippen molar-refractivity contribution >= 4 is 0 Å². The van der Waals surface area contributed by atoms with Crippen molar-refractivity contribution in [2.45, 2.75) is 38.1 Å². The molecule has 0 saturated heterocycles. The van der Waals surface area contributed by atoms with Crippen molar-refractivity contribution in [3.63, 3.8) is 0 Å². The third kappa shape index (κ3) is 1.90. The van der Waals surface area contributed by atoms with Gasteiger partial charge in [0, 0.05) is 17.8 Å². The fraction of sp³-hybridized carbons (Fsp3) is 0.706. The van der Waals surface area contributed by atoms with Gasteiger partial charge in [-0.15, -0.1) is 0 Å². The molecule has 1 unspecified atom stereocenters. The van der Waals surface area contributed by atoms with Gasteiger partial charge in [-0.25, -0.2) is 4.39 Å². The van der Waals surface area contributed by atoms with E-state index in [1.54, 1.807) is 6.20 Å². The molecule has 0 spiro atoms. The predicted octanol–water partition coefficient (Wildman–Crippen LogP) is 3.55. The minimum Gasteiger partial charge on any atom is -0.313 e. The van der Waals surface area contributed by atoms with Crippen molar-refractivity contribution in [2.24, 2.45) is 29.6 Å². The molecule has 5 rings (SSSR count). The lowest BCUT2D eigenvalue weighted by Gasteiger charge is -2.56. The summed E-state index contributed by atoms with van der Waals surface area (Å²) < 4.78 is 14.1. The minimum absolute atomic E-state index is 0.152. The SMILES string of the molecule is CNC(c1ccncc1F)C1C2CC3CC(C2)CC1C3. The van der Waals surface area contributed by atoms with Crippen LogP contribution >= 0.6 is 0 Å². The average Bonchev–Trinajstić information content (AvgIpc) is 2.43. The van der Waals surface area contributed by atoms with E-state index in [-0.39, 0.29) is 11.9 Å². The zero-order valence-electron chi connectivity index (χ0n) is 12.1. The van der Waals surface area contributed by atoms with Crippen LogP contribution in [0.2, 0.25) is 0 Å². The molecule has 1 aromatic heterocycles. The molecule has 0 amide bonds. The molecule has 1 atom stereocenters. The van der Waals surface area contributed by atoms with E-state index in [4.69, 9.17) is 0 Å². The summed E-state index contributed by atoms with van der Waals surface area (Å²) in [4.78, 5) is 3.90. The second-order valence-electron chi connectivity index (χ2n) is 7.17. The summed E-state index contributed by atoms with van der Waals surface area (Å²) in [5, 5.41) is 3.42. The normalized spacial score (nSPS) is 40.0. The number of nitrogens with one attached hydrogen (secondary N) is 1. The summed E-state index contributed by atoms with van der Waals surface area (Å²) in [7, 11) is 1.98. The quantitative estimate of drug-likeness (QED) is 0.911. The first-order valence-electron chi connectivity index (χ1n) is 8.03. The fourth-order valence-corrected chi connectivity index (χ4v) is 5.71. The van der Waals surface area contributed by atoms with Gasteiger partial charge in [0.1, 0.15) is 5.82 Å². The molecule has 0 aromatic carbocycles. The van der Waals surface area contributed by atoms with Crippen molar-refractivity contribution in [3.05, 3.63) is 29.8 Å². The van der Waals surface area contributed by atoms with Crippen LogP contribution in [0.25, 0.3) is 0 Å². The molecule has 108 valence electrons. The van der Waals surface area contributed by atoms with Crippen LogP contribution in [0, 0.1) is 35.4 Å². The number of nitrogens with zero attached hydrogens (tertiary/aromatic N) is 1. The van der Waals surface area contributed by atoms with Gasteiger partial charge in [-0.3, -0.25) is 4.98 Å². The van der Waals surface area contributed by atoms with E-state index in [9.17, 15) is 4.39 Å². The highest BCUT2D eigenvalue weighted by molar-refractivity contribution is 5.20. The van der Waals surface area contributed by atoms with E-state index in [1.165, 1.54) is 38.3 Å². The number of aromatic nitrogens is 1. The molecule has 0 aliphatic heterocycles. The number of pyridine rings is 1. The van der Waals surface area contributed by atoms with E-state index >= 15 is 0 Å². The highest BCUT2D eigenvalue weighted by Gasteiger charge is 2.50. The van der Waals surface area contributed by atoms with Crippen LogP contribution in [0.15, 0.2) is 18.5 Å². The largest absolute Gasteiger partial charge is 0.313 e. The summed E-state index contributed by atoms with van der Waals surface area (Å²) in [6, 6.07) is 2.02. The van der Waals surface area contributed by atoms with E-state index in [1.807, 2.05) is 13.1 Å². The molecule has 1 aromatic rings. The predicted molar refractivity (Wildman–Crippen MR) is 76.5 cm³/mol. The molecular formula is C17H23FN2. The van der Waals surface area contributed by atoms with Crippen molar-refractivity contribution in [2.75, 3.05) is 7.05 Å². The Morgan fingerprint density at radius 2 is 1.80 bits per heavy atom. The summed E-state index contributed by atoms with van der Waals surface area (Å²) >= 11 is 0. The second-order valence-corrected chi connectivity index (χ2v) is 7.17. The lowest BCUT2D eigenvalue weighted by molar-refractivity contribution is -0.0519. The Morgan fingerprint density at radius 3 is 2.35 bits per heavy atom. The topological polar surface area (TPSA) is 24.9 Å². The lowest BCUT2D eigenvalue weighted by Crippen LogP contribution is -2.49. The molecule has 4 saturated carbocycles. The van der Waals surface area contributed by atoms with E-state index in [0.717, 1.165) is 29.2 Å². The zero-order valence-corrected chi connectivity index (χ0v) is 12.1. The van der Waals surface area contributed by atoms with E-state index in [0.29, 0.717) is 5.92 Å². The van der Waals surface area contributed by atoms with Crippen molar-refractivity contribution in [3.8, 4) is 0 Å². The Kier molecular flexibility index (Phi) is 3.06. The van der Waals surface area contributed by atoms with Crippen molar-refractivity contribution in [1.29, 1.82) is 0 Å². The molecule has 0 radical (unpaired) electrons. The van der Waals surface area contributed by atoms with Gasteiger partial charge >= 0.3 is 0 Å². The van der Waals surface area contributed by atoms with E-state index in [2.05, 4.69) is 10.3 Å². The van der Waals surface area contributed by atoms with Crippen LogP contribution in [0.4, 0.5) is 4.39 Å². The molecule has 2 nitrogen and oxygen atoms in total. The van der Waals surface area contributed by atoms with Crippen LogP contribution in [0.1, 0.15) is 43.7 Å². The number of rotatable bonds is 3. The smallest absolute Gasteiger partial charge is 0.146 e. The Morgan fingerprint density at radius 1 is 1.15 bits per heavy atom. The highest BCUT2D eigenvalue weighted by Crippen LogP contribution is 2.59. The Bertz CT molecular complexity index is 474. The average molecular weight is 274 g/mol. The third-order valence-corrected chi connectivity index (χ3v) is 6.13. The summed E-state index contributed by atoms with van der Waals surface area (Å²) in [6.07, 6.45) is 10.1. The second kappa shape index (κ2) is 4.80. The standard InChI is InChI=1S/C17H23FN2/c1-19-17(14-2-3-20-9-15(14)18)16-12-5-10-4-11(7-12)8-13(16)6-10/h2-3,9-13,16-17,19H,4-8H2,1H3. The van der Waals surface area contributed by atoms with E-state index < -0.39 is 0 Å². The molecule has 4 bridgehead atoms. The minimum atomic E-state index is -0.152. The summed E-state index contributed by atoms with van der Waals surface area (Å²) in [5.74, 6) is 4.00. The third-order valence-electron chi connectivity index (χ3n) is 6.13. The lowest BCUT2D eigenvalue weighted by atomic mass is 9.50. The molecule has 4 aliphatic carbocycles. The van der Waals surface area contributed by atoms with Gasteiger partial charge in [-0.1, -0.05) is 0 Å². The van der Waals surface area contributed by atoms with Crippen molar-refractivity contribution < 1.29 is 4.39 Å². The molecule has 4 aliphatic rings. The molecule has 3 heteroatoms. The van der Waals surface area contributed by atoms with Crippen LogP contribution < -0.4 is 5.32 Å². The number of halogens is 1. The highest BCUT2D eigenvalue weighted by atomic mass is 19.1. The summed E-state index contributed by atoms with van der Waals surface area (Å²) in [5.41, 5.74) is 0.819. The Balaban J connectivity index is 1.67. The van der Waals surface area contributed by atoms with Crippen LogP contribution in [-0.2, 0) is 0 Å².